The van der Waals surface area contributed by atoms with E-state index >= 15 is 0 Å². The average molecular weight is 242 g/mol. The fourth-order valence-electron chi connectivity index (χ4n) is 1.68. The van der Waals surface area contributed by atoms with Gasteiger partial charge in [-0.3, -0.25) is 9.59 Å². The molecule has 1 fully saturated rings. The molecule has 0 aromatic rings. The Kier molecular flexibility index (Phi) is 3.75. The average Bonchev–Trinajstić information content (AvgIpc) is 2.14. The minimum atomic E-state index is -1.09. The van der Waals surface area contributed by atoms with Crippen LogP contribution >= 0.6 is 0 Å². The molecule has 2 amide bonds. The highest BCUT2D eigenvalue weighted by Crippen LogP contribution is 2.21. The van der Waals surface area contributed by atoms with Gasteiger partial charge in [-0.1, -0.05) is 20.8 Å². The molecule has 0 spiro atoms. The molecule has 0 aromatic carbocycles. The van der Waals surface area contributed by atoms with E-state index < -0.39 is 12.0 Å². The molecular formula is C11H18N2O4. The Morgan fingerprint density at radius 3 is 2.53 bits per heavy atom. The van der Waals surface area contributed by atoms with Crippen molar-refractivity contribution >= 4 is 17.8 Å². The third kappa shape index (κ3) is 3.72. The molecule has 0 aliphatic carbocycles. The predicted octanol–water partition coefficient (Wildman–Crippen LogP) is -0.166. The molecule has 1 atom stereocenters. The van der Waals surface area contributed by atoms with Gasteiger partial charge in [0.25, 0.3) is 0 Å². The number of carbonyl (C=O) groups is 3. The molecule has 0 bridgehead atoms. The monoisotopic (exact) mass is 242 g/mol. The van der Waals surface area contributed by atoms with Crippen molar-refractivity contribution in [2.45, 2.75) is 33.2 Å². The molecule has 6 heteroatoms. The first-order chi connectivity index (χ1) is 7.70. The van der Waals surface area contributed by atoms with Gasteiger partial charge in [0.15, 0.2) is 0 Å². The lowest BCUT2D eigenvalue weighted by Gasteiger charge is -2.34. The zero-order valence-electron chi connectivity index (χ0n) is 10.3. The molecular weight excluding hydrogens is 224 g/mol. The first-order valence-electron chi connectivity index (χ1n) is 5.50. The number of hydrogen-bond acceptors (Lipinski definition) is 3. The van der Waals surface area contributed by atoms with Crippen LogP contribution in [0.3, 0.4) is 0 Å². The lowest BCUT2D eigenvalue weighted by molar-refractivity contribution is -0.154. The van der Waals surface area contributed by atoms with Gasteiger partial charge in [-0.15, -0.1) is 0 Å². The molecule has 1 saturated heterocycles. The van der Waals surface area contributed by atoms with E-state index in [1.165, 1.54) is 0 Å². The minimum Gasteiger partial charge on any atom is -0.480 e. The number of aliphatic carboxylic acids is 1. The second kappa shape index (κ2) is 4.73. The molecule has 1 unspecified atom stereocenters. The quantitative estimate of drug-likeness (QED) is 0.704. The van der Waals surface area contributed by atoms with Crippen molar-refractivity contribution in [3.63, 3.8) is 0 Å². The van der Waals surface area contributed by atoms with Crippen LogP contribution in [-0.4, -0.2) is 46.9 Å². The first kappa shape index (κ1) is 13.5. The molecule has 6 nitrogen and oxygen atoms in total. The summed E-state index contributed by atoms with van der Waals surface area (Å²) in [6, 6.07) is -0.956. The lowest BCUT2D eigenvalue weighted by atomic mass is 9.91. The highest BCUT2D eigenvalue weighted by molar-refractivity contribution is 5.91. The normalized spacial score (nSPS) is 21.0. The van der Waals surface area contributed by atoms with E-state index in [4.69, 9.17) is 5.11 Å². The van der Waals surface area contributed by atoms with Crippen LogP contribution in [0.25, 0.3) is 0 Å². The maximum atomic E-state index is 12.0. The van der Waals surface area contributed by atoms with Gasteiger partial charge in [0.1, 0.15) is 12.6 Å². The molecule has 1 aliphatic rings. The highest BCUT2D eigenvalue weighted by atomic mass is 16.4. The van der Waals surface area contributed by atoms with Crippen LogP contribution in [-0.2, 0) is 14.4 Å². The molecule has 0 radical (unpaired) electrons. The Labute approximate surface area is 100.0 Å². The molecule has 1 aliphatic heterocycles. The van der Waals surface area contributed by atoms with Gasteiger partial charge < -0.3 is 15.3 Å². The third-order valence-corrected chi connectivity index (χ3v) is 2.47. The van der Waals surface area contributed by atoms with Crippen molar-refractivity contribution < 1.29 is 19.5 Å². The topological polar surface area (TPSA) is 86.7 Å². The zero-order chi connectivity index (χ0) is 13.2. The zero-order valence-corrected chi connectivity index (χ0v) is 10.3. The molecule has 2 N–H and O–H groups in total. The largest absolute Gasteiger partial charge is 0.480 e. The van der Waals surface area contributed by atoms with Crippen molar-refractivity contribution in [1.82, 2.24) is 10.2 Å². The maximum Gasteiger partial charge on any atom is 0.328 e. The number of piperazine rings is 1. The van der Waals surface area contributed by atoms with Crippen LogP contribution in [0, 0.1) is 5.41 Å². The SMILES string of the molecule is CC(C)(C)CC(=O)N1CC(=O)NCC1C(=O)O. The van der Waals surface area contributed by atoms with Crippen LogP contribution in [0.1, 0.15) is 27.2 Å². The van der Waals surface area contributed by atoms with E-state index in [1.807, 2.05) is 20.8 Å². The van der Waals surface area contributed by atoms with Crippen molar-refractivity contribution in [3.05, 3.63) is 0 Å². The van der Waals surface area contributed by atoms with E-state index in [-0.39, 0.29) is 36.7 Å². The Bertz CT molecular complexity index is 346. The molecule has 0 saturated carbocycles. The number of carbonyl (C=O) groups excluding carboxylic acids is 2. The number of carboxylic acid groups (broad SMARTS) is 1. The number of carboxylic acids is 1. The summed E-state index contributed by atoms with van der Waals surface area (Å²) in [5.41, 5.74) is -0.228. The van der Waals surface area contributed by atoms with Crippen molar-refractivity contribution in [2.75, 3.05) is 13.1 Å². The smallest absolute Gasteiger partial charge is 0.328 e. The minimum absolute atomic E-state index is 0.0238. The Morgan fingerprint density at radius 2 is 2.06 bits per heavy atom. The van der Waals surface area contributed by atoms with Gasteiger partial charge >= 0.3 is 5.97 Å². The van der Waals surface area contributed by atoms with Gasteiger partial charge in [0.05, 0.1) is 0 Å². The fraction of sp³-hybridized carbons (Fsp3) is 0.727. The summed E-state index contributed by atoms with van der Waals surface area (Å²) in [4.78, 5) is 35.3. The first-order valence-corrected chi connectivity index (χ1v) is 5.50. The van der Waals surface area contributed by atoms with Crippen LogP contribution in [0.4, 0.5) is 0 Å². The molecule has 1 rings (SSSR count). The number of amides is 2. The van der Waals surface area contributed by atoms with Crippen molar-refractivity contribution in [1.29, 1.82) is 0 Å². The predicted molar refractivity (Wildman–Crippen MR) is 60.2 cm³/mol. The second-order valence-corrected chi connectivity index (χ2v) is 5.42. The molecule has 17 heavy (non-hydrogen) atoms. The Morgan fingerprint density at radius 1 is 1.47 bits per heavy atom. The van der Waals surface area contributed by atoms with Gasteiger partial charge in [-0.25, -0.2) is 4.79 Å². The maximum absolute atomic E-state index is 12.0. The number of rotatable bonds is 2. The van der Waals surface area contributed by atoms with Gasteiger partial charge in [-0.2, -0.15) is 0 Å². The third-order valence-electron chi connectivity index (χ3n) is 2.47. The summed E-state index contributed by atoms with van der Waals surface area (Å²) in [6.45, 7) is 5.48. The summed E-state index contributed by atoms with van der Waals surface area (Å²) in [5, 5.41) is 11.4. The van der Waals surface area contributed by atoms with Crippen LogP contribution in [0.5, 0.6) is 0 Å². The van der Waals surface area contributed by atoms with E-state index in [2.05, 4.69) is 5.32 Å². The fourth-order valence-corrected chi connectivity index (χ4v) is 1.68. The van der Waals surface area contributed by atoms with Crippen molar-refractivity contribution in [2.24, 2.45) is 5.41 Å². The van der Waals surface area contributed by atoms with Crippen LogP contribution in [0.15, 0.2) is 0 Å². The van der Waals surface area contributed by atoms with Crippen LogP contribution in [0.2, 0.25) is 0 Å². The second-order valence-electron chi connectivity index (χ2n) is 5.42. The molecule has 1 heterocycles. The molecule has 96 valence electrons. The molecule has 0 aromatic heterocycles. The lowest BCUT2D eigenvalue weighted by Crippen LogP contribution is -2.59. The van der Waals surface area contributed by atoms with E-state index in [0.717, 1.165) is 4.90 Å². The summed E-state index contributed by atoms with van der Waals surface area (Å²) in [7, 11) is 0. The van der Waals surface area contributed by atoms with E-state index in [0.29, 0.717) is 0 Å². The number of nitrogens with one attached hydrogen (secondary N) is 1. The van der Waals surface area contributed by atoms with E-state index in [1.54, 1.807) is 0 Å². The standard InChI is InChI=1S/C11H18N2O4/c1-11(2,3)4-9(15)13-6-8(14)12-5-7(13)10(16)17/h7H,4-6H2,1-3H3,(H,12,14)(H,16,17). The summed E-state index contributed by atoms with van der Waals surface area (Å²) in [6.07, 6.45) is 0.226. The Hall–Kier alpha value is -1.59. The van der Waals surface area contributed by atoms with Crippen LogP contribution < -0.4 is 5.32 Å². The number of hydrogen-bond donors (Lipinski definition) is 2. The highest BCUT2D eigenvalue weighted by Gasteiger charge is 2.36. The van der Waals surface area contributed by atoms with Gasteiger partial charge in [-0.05, 0) is 5.41 Å². The Balaban J connectivity index is 2.79. The van der Waals surface area contributed by atoms with Crippen molar-refractivity contribution in [3.8, 4) is 0 Å². The summed E-state index contributed by atoms with van der Waals surface area (Å²) >= 11 is 0. The number of nitrogens with zero attached hydrogens (tertiary/aromatic N) is 1. The summed E-state index contributed by atoms with van der Waals surface area (Å²) in [5.74, 6) is -1.70. The van der Waals surface area contributed by atoms with E-state index in [9.17, 15) is 14.4 Å². The van der Waals surface area contributed by atoms with Gasteiger partial charge in [0, 0.05) is 13.0 Å². The van der Waals surface area contributed by atoms with Gasteiger partial charge in [0.2, 0.25) is 11.8 Å². The summed E-state index contributed by atoms with van der Waals surface area (Å²) < 4.78 is 0.